The van der Waals surface area contributed by atoms with Gasteiger partial charge in [-0.1, -0.05) is 12.7 Å². The highest BCUT2D eigenvalue weighted by Gasteiger charge is 2.17. The van der Waals surface area contributed by atoms with E-state index in [-0.39, 0.29) is 12.5 Å². The van der Waals surface area contributed by atoms with Crippen molar-refractivity contribution in [3.63, 3.8) is 0 Å². The number of hydrogen-bond donors (Lipinski definition) is 1. The molecule has 1 aliphatic rings. The number of rotatable bonds is 3. The van der Waals surface area contributed by atoms with Crippen molar-refractivity contribution in [2.45, 2.75) is 0 Å². The molecule has 4 rings (SSSR count). The van der Waals surface area contributed by atoms with Crippen LogP contribution in [-0.4, -0.2) is 24.0 Å². The number of aromatic nitrogens is 1. The van der Waals surface area contributed by atoms with Crippen molar-refractivity contribution in [2.75, 3.05) is 13.9 Å². The first-order valence-electron chi connectivity index (χ1n) is 7.43. The van der Waals surface area contributed by atoms with Crippen molar-refractivity contribution in [1.29, 1.82) is 0 Å². The third-order valence-corrected chi connectivity index (χ3v) is 3.98. The van der Waals surface area contributed by atoms with E-state index in [1.807, 2.05) is 18.2 Å². The maximum Gasteiger partial charge on any atom is 0.231 e. The molecule has 5 nitrogen and oxygen atoms in total. The summed E-state index contributed by atoms with van der Waals surface area (Å²) in [5, 5.41) is 11.0. The molecule has 2 aromatic carbocycles. The lowest BCUT2D eigenvalue weighted by molar-refractivity contribution is 0.174. The highest BCUT2D eigenvalue weighted by Crippen LogP contribution is 2.39. The molecule has 0 spiro atoms. The van der Waals surface area contributed by atoms with E-state index < -0.39 is 0 Å². The second-order valence-electron chi connectivity index (χ2n) is 5.45. The molecule has 0 saturated heterocycles. The Balaban J connectivity index is 1.91. The quantitative estimate of drug-likeness (QED) is 0.790. The van der Waals surface area contributed by atoms with E-state index in [0.717, 1.165) is 11.1 Å². The van der Waals surface area contributed by atoms with Gasteiger partial charge in [0.15, 0.2) is 11.5 Å². The van der Waals surface area contributed by atoms with Gasteiger partial charge in [-0.05, 0) is 29.8 Å². The van der Waals surface area contributed by atoms with Gasteiger partial charge in [0.1, 0.15) is 11.5 Å². The number of methoxy groups -OCH3 is 1. The molecule has 2 heterocycles. The van der Waals surface area contributed by atoms with Gasteiger partial charge in [-0.2, -0.15) is 0 Å². The van der Waals surface area contributed by atoms with Gasteiger partial charge in [0.2, 0.25) is 6.79 Å². The van der Waals surface area contributed by atoms with Gasteiger partial charge in [-0.15, -0.1) is 0 Å². The maximum atomic E-state index is 10.4. The van der Waals surface area contributed by atoms with Crippen LogP contribution in [0.3, 0.4) is 0 Å². The van der Waals surface area contributed by atoms with E-state index in [2.05, 4.69) is 11.6 Å². The predicted octanol–water partition coefficient (Wildman–Crippen LogP) is 3.99. The van der Waals surface area contributed by atoms with Gasteiger partial charge in [0.25, 0.3) is 0 Å². The number of benzene rings is 2. The second kappa shape index (κ2) is 5.45. The zero-order valence-corrected chi connectivity index (χ0v) is 13.1. The molecule has 5 heteroatoms. The first-order valence-corrected chi connectivity index (χ1v) is 7.43. The maximum absolute atomic E-state index is 10.4. The summed E-state index contributed by atoms with van der Waals surface area (Å²) in [7, 11) is 1.61. The molecular weight excluding hydrogens is 306 g/mol. The van der Waals surface area contributed by atoms with Crippen LogP contribution in [0.5, 0.6) is 23.0 Å². The number of ether oxygens (including phenoxy) is 3. The van der Waals surface area contributed by atoms with Crippen LogP contribution in [0.2, 0.25) is 0 Å². The molecule has 0 radical (unpaired) electrons. The fourth-order valence-electron chi connectivity index (χ4n) is 2.75. The van der Waals surface area contributed by atoms with Gasteiger partial charge in [0, 0.05) is 23.1 Å². The average Bonchev–Trinajstić information content (AvgIpc) is 3.07. The van der Waals surface area contributed by atoms with Crippen molar-refractivity contribution in [1.82, 2.24) is 4.98 Å². The zero-order chi connectivity index (χ0) is 16.7. The Hall–Kier alpha value is -3.21. The molecule has 120 valence electrons. The SMILES string of the molecule is C=Cc1cc(OC)cc(-c2cc(O)c3cc4c(cc3n2)OCO4)c1. The minimum Gasteiger partial charge on any atom is -0.507 e. The lowest BCUT2D eigenvalue weighted by Gasteiger charge is -2.09. The lowest BCUT2D eigenvalue weighted by atomic mass is 10.0. The summed E-state index contributed by atoms with van der Waals surface area (Å²) in [6.45, 7) is 3.97. The van der Waals surface area contributed by atoms with Gasteiger partial charge in [-0.25, -0.2) is 4.98 Å². The van der Waals surface area contributed by atoms with Crippen LogP contribution in [0.25, 0.3) is 28.2 Å². The molecule has 0 unspecified atom stereocenters. The van der Waals surface area contributed by atoms with Gasteiger partial charge in [0.05, 0.1) is 18.3 Å². The predicted molar refractivity (Wildman–Crippen MR) is 91.6 cm³/mol. The van der Waals surface area contributed by atoms with E-state index in [4.69, 9.17) is 14.2 Å². The van der Waals surface area contributed by atoms with Crippen LogP contribution >= 0.6 is 0 Å². The molecule has 0 amide bonds. The first-order chi connectivity index (χ1) is 11.7. The summed E-state index contributed by atoms with van der Waals surface area (Å²) in [6.07, 6.45) is 1.74. The molecular formula is C19H15NO4. The first kappa shape index (κ1) is 14.4. The van der Waals surface area contributed by atoms with E-state index >= 15 is 0 Å². The van der Waals surface area contributed by atoms with Gasteiger partial charge < -0.3 is 19.3 Å². The summed E-state index contributed by atoms with van der Waals surface area (Å²) in [4.78, 5) is 4.65. The van der Waals surface area contributed by atoms with Crippen LogP contribution in [0, 0.1) is 0 Å². The Morgan fingerprint density at radius 1 is 1.12 bits per heavy atom. The molecule has 1 aliphatic heterocycles. The monoisotopic (exact) mass is 321 g/mol. The molecule has 3 aromatic rings. The van der Waals surface area contributed by atoms with Crippen LogP contribution < -0.4 is 14.2 Å². The van der Waals surface area contributed by atoms with E-state index in [0.29, 0.717) is 33.8 Å². The van der Waals surface area contributed by atoms with Crippen LogP contribution in [0.1, 0.15) is 5.56 Å². The molecule has 0 fully saturated rings. The van der Waals surface area contributed by atoms with Crippen LogP contribution in [0.4, 0.5) is 0 Å². The fraction of sp³-hybridized carbons (Fsp3) is 0.105. The summed E-state index contributed by atoms with van der Waals surface area (Å²) in [5.41, 5.74) is 3.02. The van der Waals surface area contributed by atoms with E-state index in [9.17, 15) is 5.11 Å². The minimum atomic E-state index is 0.135. The third-order valence-electron chi connectivity index (χ3n) is 3.98. The smallest absolute Gasteiger partial charge is 0.231 e. The Morgan fingerprint density at radius 2 is 1.92 bits per heavy atom. The fourth-order valence-corrected chi connectivity index (χ4v) is 2.75. The lowest BCUT2D eigenvalue weighted by Crippen LogP contribution is -1.92. The van der Waals surface area contributed by atoms with Crippen LogP contribution in [0.15, 0.2) is 43.0 Å². The molecule has 0 atom stereocenters. The number of aromatic hydroxyl groups is 1. The third kappa shape index (κ3) is 2.31. The molecule has 0 bridgehead atoms. The zero-order valence-electron chi connectivity index (χ0n) is 13.1. The highest BCUT2D eigenvalue weighted by atomic mass is 16.7. The van der Waals surface area contributed by atoms with E-state index in [1.165, 1.54) is 0 Å². The van der Waals surface area contributed by atoms with Crippen LogP contribution in [-0.2, 0) is 0 Å². The van der Waals surface area contributed by atoms with Crippen molar-refractivity contribution in [3.05, 3.63) is 48.5 Å². The summed E-state index contributed by atoms with van der Waals surface area (Å²) in [6, 6.07) is 10.8. The largest absolute Gasteiger partial charge is 0.507 e. The van der Waals surface area contributed by atoms with Crippen molar-refractivity contribution in [2.24, 2.45) is 0 Å². The molecule has 0 saturated carbocycles. The number of hydrogen-bond acceptors (Lipinski definition) is 5. The molecule has 1 aromatic heterocycles. The molecule has 1 N–H and O–H groups in total. The summed E-state index contributed by atoms with van der Waals surface area (Å²) >= 11 is 0. The van der Waals surface area contributed by atoms with E-state index in [1.54, 1.807) is 31.4 Å². The highest BCUT2D eigenvalue weighted by molar-refractivity contribution is 5.90. The topological polar surface area (TPSA) is 60.8 Å². The average molecular weight is 321 g/mol. The Bertz CT molecular complexity index is 965. The second-order valence-corrected chi connectivity index (χ2v) is 5.45. The van der Waals surface area contributed by atoms with Crippen molar-refractivity contribution in [3.8, 4) is 34.3 Å². The summed E-state index contributed by atoms with van der Waals surface area (Å²) < 4.78 is 16.1. The number of nitrogens with zero attached hydrogens (tertiary/aromatic N) is 1. The Kier molecular flexibility index (Phi) is 3.27. The van der Waals surface area contributed by atoms with Crippen molar-refractivity contribution >= 4 is 17.0 Å². The Labute approximate surface area is 138 Å². The minimum absolute atomic E-state index is 0.135. The van der Waals surface area contributed by atoms with Gasteiger partial charge >= 0.3 is 0 Å². The van der Waals surface area contributed by atoms with Crippen molar-refractivity contribution < 1.29 is 19.3 Å². The number of pyridine rings is 1. The number of fused-ring (bicyclic) bond motifs is 2. The summed E-state index contributed by atoms with van der Waals surface area (Å²) in [5.74, 6) is 2.08. The van der Waals surface area contributed by atoms with Gasteiger partial charge in [-0.3, -0.25) is 0 Å². The standard InChI is InChI=1S/C19H15NO4/c1-3-11-4-12(6-13(5-11)22-2)15-8-17(21)14-7-18-19(24-10-23-18)9-16(14)20-15/h3-9H,1,10H2,2H3,(H,20,21). The Morgan fingerprint density at radius 3 is 2.67 bits per heavy atom. The normalized spacial score (nSPS) is 12.4. The molecule has 0 aliphatic carbocycles. The molecule has 24 heavy (non-hydrogen) atoms.